The molecule has 3 rings (SSSR count). The van der Waals surface area contributed by atoms with Crippen molar-refractivity contribution >= 4 is 17.5 Å². The molecule has 0 aromatic carbocycles. The predicted molar refractivity (Wildman–Crippen MR) is 47.3 cm³/mol. The van der Waals surface area contributed by atoms with Crippen molar-refractivity contribution < 1.29 is 9.59 Å². The van der Waals surface area contributed by atoms with Gasteiger partial charge in [-0.3, -0.25) is 14.3 Å². The molecular weight excluding hydrogens is 200 g/mol. The van der Waals surface area contributed by atoms with Gasteiger partial charge >= 0.3 is 6.03 Å². The second-order valence-corrected chi connectivity index (χ2v) is 3.25. The maximum absolute atomic E-state index is 11.7. The van der Waals surface area contributed by atoms with E-state index in [-0.39, 0.29) is 5.78 Å². The number of amides is 2. The van der Waals surface area contributed by atoms with Crippen LogP contribution in [0.2, 0.25) is 0 Å². The van der Waals surface area contributed by atoms with Crippen molar-refractivity contribution in [3.05, 3.63) is 29.3 Å². The van der Waals surface area contributed by atoms with Gasteiger partial charge in [0.25, 0.3) is 0 Å². The summed E-state index contributed by atoms with van der Waals surface area (Å²) >= 11 is 0. The second-order valence-electron chi connectivity index (χ2n) is 3.25. The van der Waals surface area contributed by atoms with Gasteiger partial charge in [-0.05, 0) is 0 Å². The van der Waals surface area contributed by atoms with Gasteiger partial charge in [-0.25, -0.2) is 9.78 Å². The minimum Gasteiger partial charge on any atom is -0.296 e. The number of nitroso groups, excluding NO2 is 1. The standard InChI is InChI=1S/C8H4N4O3/c13-7-5-2-11(8(14)10-15)6(7)4-1-9-3-12(4)5/h1-3,6H. The molecule has 0 aliphatic carbocycles. The summed E-state index contributed by atoms with van der Waals surface area (Å²) in [4.78, 5) is 37.8. The van der Waals surface area contributed by atoms with E-state index in [9.17, 15) is 14.5 Å². The molecule has 0 saturated carbocycles. The zero-order chi connectivity index (χ0) is 10.6. The fourth-order valence-electron chi connectivity index (χ4n) is 1.92. The van der Waals surface area contributed by atoms with E-state index < -0.39 is 12.1 Å². The van der Waals surface area contributed by atoms with E-state index in [1.165, 1.54) is 18.7 Å². The van der Waals surface area contributed by atoms with Crippen LogP contribution in [0.5, 0.6) is 0 Å². The Labute approximate surface area is 83.0 Å². The van der Waals surface area contributed by atoms with Crippen molar-refractivity contribution in [1.82, 2.24) is 14.5 Å². The Morgan fingerprint density at radius 1 is 1.53 bits per heavy atom. The average Bonchev–Trinajstić information content (AvgIpc) is 2.88. The van der Waals surface area contributed by atoms with Gasteiger partial charge in [0.1, 0.15) is 11.7 Å². The Bertz CT molecular complexity index is 530. The molecule has 1 unspecified atom stereocenters. The number of aromatic nitrogens is 2. The number of carbonyl (C=O) groups is 2. The largest absolute Gasteiger partial charge is 0.386 e. The Morgan fingerprint density at radius 2 is 2.33 bits per heavy atom. The van der Waals surface area contributed by atoms with Crippen LogP contribution in [0.25, 0.3) is 5.70 Å². The fourth-order valence-corrected chi connectivity index (χ4v) is 1.92. The van der Waals surface area contributed by atoms with Crippen LogP contribution in [0.3, 0.4) is 0 Å². The van der Waals surface area contributed by atoms with Gasteiger partial charge in [-0.2, -0.15) is 0 Å². The first-order chi connectivity index (χ1) is 7.24. The topological polar surface area (TPSA) is 84.6 Å². The first kappa shape index (κ1) is 8.04. The predicted octanol–water partition coefficient (Wildman–Crippen LogP) is 0.507. The molecule has 2 amide bonds. The number of Topliss-reactive ketones (excluding diaryl/α,β-unsaturated/α-hetero) is 1. The summed E-state index contributed by atoms with van der Waals surface area (Å²) in [6.07, 6.45) is 4.31. The smallest absolute Gasteiger partial charge is 0.296 e. The molecule has 0 fully saturated rings. The first-order valence-electron chi connectivity index (χ1n) is 4.18. The Hall–Kier alpha value is -2.31. The van der Waals surface area contributed by atoms with Crippen molar-refractivity contribution in [1.29, 1.82) is 0 Å². The second kappa shape index (κ2) is 2.38. The summed E-state index contributed by atoms with van der Waals surface area (Å²) in [6, 6.07) is -1.72. The van der Waals surface area contributed by atoms with Crippen LogP contribution in [0, 0.1) is 4.91 Å². The molecule has 2 aliphatic heterocycles. The normalized spacial score (nSPS) is 21.6. The summed E-state index contributed by atoms with van der Waals surface area (Å²) in [5, 5.41) is 2.29. The number of hydrogen-bond donors (Lipinski definition) is 0. The van der Waals surface area contributed by atoms with Crippen LogP contribution in [0.1, 0.15) is 11.7 Å². The Balaban J connectivity index is 2.15. The summed E-state index contributed by atoms with van der Waals surface area (Å²) in [6.45, 7) is 0. The van der Waals surface area contributed by atoms with E-state index in [2.05, 4.69) is 10.2 Å². The van der Waals surface area contributed by atoms with Crippen LogP contribution >= 0.6 is 0 Å². The third-order valence-electron chi connectivity index (χ3n) is 2.55. The molecule has 7 heteroatoms. The third-order valence-corrected chi connectivity index (χ3v) is 2.55. The highest BCUT2D eigenvalue weighted by molar-refractivity contribution is 6.24. The maximum atomic E-state index is 11.7. The quantitative estimate of drug-likeness (QED) is 0.576. The van der Waals surface area contributed by atoms with E-state index in [0.29, 0.717) is 11.4 Å². The van der Waals surface area contributed by atoms with Gasteiger partial charge in [0.05, 0.1) is 18.2 Å². The highest BCUT2D eigenvalue weighted by atomic mass is 16.3. The molecule has 1 atom stereocenters. The summed E-state index contributed by atoms with van der Waals surface area (Å²) in [7, 11) is 0. The van der Waals surface area contributed by atoms with Crippen molar-refractivity contribution in [2.75, 3.05) is 0 Å². The van der Waals surface area contributed by atoms with Gasteiger partial charge < -0.3 is 0 Å². The molecule has 15 heavy (non-hydrogen) atoms. The Morgan fingerprint density at radius 3 is 3.07 bits per heavy atom. The maximum Gasteiger partial charge on any atom is 0.386 e. The number of hydrogen-bond acceptors (Lipinski definition) is 4. The van der Waals surface area contributed by atoms with Crippen LogP contribution in [-0.2, 0) is 4.79 Å². The molecule has 1 aromatic rings. The lowest BCUT2D eigenvalue weighted by molar-refractivity contribution is -0.115. The lowest BCUT2D eigenvalue weighted by atomic mass is 10.2. The molecule has 2 aliphatic rings. The number of urea groups is 1. The highest BCUT2D eigenvalue weighted by Crippen LogP contribution is 2.41. The lowest BCUT2D eigenvalue weighted by Crippen LogP contribution is -2.27. The van der Waals surface area contributed by atoms with Crippen LogP contribution < -0.4 is 0 Å². The van der Waals surface area contributed by atoms with E-state index >= 15 is 0 Å². The van der Waals surface area contributed by atoms with E-state index in [1.54, 1.807) is 4.57 Å². The van der Waals surface area contributed by atoms with Gasteiger partial charge in [-0.1, -0.05) is 0 Å². The Kier molecular flexibility index (Phi) is 1.28. The summed E-state index contributed by atoms with van der Waals surface area (Å²) in [5.74, 6) is -0.204. The third kappa shape index (κ3) is 0.773. The van der Waals surface area contributed by atoms with E-state index in [4.69, 9.17) is 0 Å². The zero-order valence-electron chi connectivity index (χ0n) is 7.32. The highest BCUT2D eigenvalue weighted by Gasteiger charge is 2.47. The number of fused-ring (bicyclic) bond motifs is 5. The van der Waals surface area contributed by atoms with Crippen molar-refractivity contribution in [2.24, 2.45) is 5.18 Å². The van der Waals surface area contributed by atoms with Gasteiger partial charge in [-0.15, -0.1) is 4.91 Å². The van der Waals surface area contributed by atoms with Crippen LogP contribution in [0.15, 0.2) is 23.9 Å². The van der Waals surface area contributed by atoms with Gasteiger partial charge in [0.2, 0.25) is 5.78 Å². The van der Waals surface area contributed by atoms with Crippen molar-refractivity contribution in [2.45, 2.75) is 6.04 Å². The number of nitrogens with zero attached hydrogens (tertiary/aromatic N) is 4. The molecule has 2 bridgehead atoms. The molecule has 0 spiro atoms. The first-order valence-corrected chi connectivity index (χ1v) is 4.18. The summed E-state index contributed by atoms with van der Waals surface area (Å²) < 4.78 is 1.60. The van der Waals surface area contributed by atoms with Gasteiger partial charge in [0.15, 0.2) is 0 Å². The van der Waals surface area contributed by atoms with Crippen LogP contribution in [-0.4, -0.2) is 26.3 Å². The number of ketones is 1. The molecule has 0 saturated heterocycles. The zero-order valence-corrected chi connectivity index (χ0v) is 7.32. The molecule has 74 valence electrons. The number of carbonyl (C=O) groups excluding carboxylic acids is 2. The molecule has 1 aromatic heterocycles. The summed E-state index contributed by atoms with van der Waals surface area (Å²) in [5.41, 5.74) is 0.944. The minimum atomic E-state index is -0.962. The fraction of sp³-hybridized carbons (Fsp3) is 0.125. The molecular formula is C8H4N4O3. The van der Waals surface area contributed by atoms with Crippen molar-refractivity contribution in [3.63, 3.8) is 0 Å². The number of imidazole rings is 1. The van der Waals surface area contributed by atoms with Crippen molar-refractivity contribution in [3.8, 4) is 0 Å². The van der Waals surface area contributed by atoms with Crippen LogP contribution in [0.4, 0.5) is 4.79 Å². The number of rotatable bonds is 0. The van der Waals surface area contributed by atoms with Gasteiger partial charge in [0, 0.05) is 11.4 Å². The minimum absolute atomic E-state index is 0.204. The monoisotopic (exact) mass is 204 g/mol. The molecule has 3 heterocycles. The average molecular weight is 204 g/mol. The lowest BCUT2D eigenvalue weighted by Gasteiger charge is -2.18. The molecule has 0 radical (unpaired) electrons. The van der Waals surface area contributed by atoms with E-state index in [1.807, 2.05) is 0 Å². The molecule has 0 N–H and O–H groups in total. The SMILES string of the molecule is O=NC(=O)N1C=C2C(=O)C1c1cncn12. The molecule has 7 nitrogen and oxygen atoms in total. The van der Waals surface area contributed by atoms with E-state index in [0.717, 1.165) is 4.90 Å².